The number of benzene rings is 1. The van der Waals surface area contributed by atoms with E-state index in [1.165, 1.54) is 5.56 Å². The number of carbonyl (C=O) groups is 1. The van der Waals surface area contributed by atoms with Crippen molar-refractivity contribution in [1.29, 1.82) is 0 Å². The molecule has 1 aliphatic rings. The van der Waals surface area contributed by atoms with E-state index in [2.05, 4.69) is 26.0 Å². The van der Waals surface area contributed by atoms with Gasteiger partial charge in [-0.05, 0) is 42.2 Å². The summed E-state index contributed by atoms with van der Waals surface area (Å²) in [6, 6.07) is 11.9. The Kier molecular flexibility index (Phi) is 3.82. The van der Waals surface area contributed by atoms with Crippen LogP contribution in [-0.2, 0) is 0 Å². The lowest BCUT2D eigenvalue weighted by Gasteiger charge is -2.16. The van der Waals surface area contributed by atoms with Crippen LogP contribution in [0.4, 0.5) is 0 Å². The molecule has 0 radical (unpaired) electrons. The molecular weight excluding hydrogens is 262 g/mol. The Hall–Kier alpha value is -2.03. The molecule has 1 amide bonds. The summed E-state index contributed by atoms with van der Waals surface area (Å²) in [5.74, 6) is 1.93. The number of hydrogen-bond acceptors (Lipinski definition) is 2. The van der Waals surface area contributed by atoms with Crippen LogP contribution in [0.5, 0.6) is 0 Å². The topological polar surface area (TPSA) is 33.5 Å². The van der Waals surface area contributed by atoms with Crippen molar-refractivity contribution in [3.8, 4) is 0 Å². The van der Waals surface area contributed by atoms with Crippen molar-refractivity contribution in [2.45, 2.75) is 32.1 Å². The second-order valence-corrected chi connectivity index (χ2v) is 6.03. The van der Waals surface area contributed by atoms with Gasteiger partial charge in [-0.25, -0.2) is 0 Å². The molecule has 0 aliphatic carbocycles. The Balaban J connectivity index is 1.68. The summed E-state index contributed by atoms with van der Waals surface area (Å²) in [5.41, 5.74) is 2.04. The SMILES string of the molecule is CC(C)c1ccc(C(=O)N2CCC(c3ccco3)C2)cc1. The maximum atomic E-state index is 12.5. The van der Waals surface area contributed by atoms with E-state index in [-0.39, 0.29) is 5.91 Å². The lowest BCUT2D eigenvalue weighted by molar-refractivity contribution is 0.0790. The van der Waals surface area contributed by atoms with Gasteiger partial charge in [-0.2, -0.15) is 0 Å². The summed E-state index contributed by atoms with van der Waals surface area (Å²) in [6.07, 6.45) is 2.67. The van der Waals surface area contributed by atoms with Crippen molar-refractivity contribution < 1.29 is 9.21 Å². The molecule has 0 saturated carbocycles. The van der Waals surface area contributed by atoms with Gasteiger partial charge in [0.05, 0.1) is 6.26 Å². The van der Waals surface area contributed by atoms with Crippen molar-refractivity contribution in [2.75, 3.05) is 13.1 Å². The smallest absolute Gasteiger partial charge is 0.253 e. The van der Waals surface area contributed by atoms with E-state index < -0.39 is 0 Å². The predicted octanol–water partition coefficient (Wildman–Crippen LogP) is 4.03. The van der Waals surface area contributed by atoms with Crippen LogP contribution in [0, 0.1) is 0 Å². The molecule has 3 nitrogen and oxygen atoms in total. The fourth-order valence-electron chi connectivity index (χ4n) is 2.89. The van der Waals surface area contributed by atoms with Gasteiger partial charge < -0.3 is 9.32 Å². The van der Waals surface area contributed by atoms with Crippen LogP contribution in [0.3, 0.4) is 0 Å². The maximum Gasteiger partial charge on any atom is 0.253 e. The first-order valence-electron chi connectivity index (χ1n) is 7.58. The Morgan fingerprint density at radius 3 is 2.62 bits per heavy atom. The lowest BCUT2D eigenvalue weighted by Crippen LogP contribution is -2.28. The first-order chi connectivity index (χ1) is 10.1. The van der Waals surface area contributed by atoms with Crippen LogP contribution in [0.15, 0.2) is 47.1 Å². The molecule has 3 rings (SSSR count). The number of hydrogen-bond donors (Lipinski definition) is 0. The molecular formula is C18H21NO2. The maximum absolute atomic E-state index is 12.5. The second-order valence-electron chi connectivity index (χ2n) is 6.03. The molecule has 1 saturated heterocycles. The Morgan fingerprint density at radius 1 is 1.24 bits per heavy atom. The van der Waals surface area contributed by atoms with Crippen molar-refractivity contribution >= 4 is 5.91 Å². The zero-order valence-electron chi connectivity index (χ0n) is 12.6. The van der Waals surface area contributed by atoms with Gasteiger partial charge in [0, 0.05) is 24.6 Å². The molecule has 21 heavy (non-hydrogen) atoms. The van der Waals surface area contributed by atoms with Crippen LogP contribution in [0.25, 0.3) is 0 Å². The first kappa shape index (κ1) is 13.9. The van der Waals surface area contributed by atoms with E-state index in [4.69, 9.17) is 4.42 Å². The Labute approximate surface area is 125 Å². The molecule has 1 aromatic carbocycles. The molecule has 2 aromatic rings. The molecule has 1 aliphatic heterocycles. The van der Waals surface area contributed by atoms with Crippen molar-refractivity contribution in [3.63, 3.8) is 0 Å². The summed E-state index contributed by atoms with van der Waals surface area (Å²) in [7, 11) is 0. The Bertz CT molecular complexity index is 599. The standard InChI is InChI=1S/C18H21NO2/c1-13(2)14-5-7-15(8-6-14)18(20)19-10-9-16(12-19)17-4-3-11-21-17/h3-8,11,13,16H,9-10,12H2,1-2H3. The van der Waals surface area contributed by atoms with Gasteiger partial charge in [0.25, 0.3) is 5.91 Å². The average molecular weight is 283 g/mol. The van der Waals surface area contributed by atoms with Gasteiger partial charge in [0.2, 0.25) is 0 Å². The summed E-state index contributed by atoms with van der Waals surface area (Å²) >= 11 is 0. The van der Waals surface area contributed by atoms with Gasteiger partial charge in [-0.1, -0.05) is 26.0 Å². The third kappa shape index (κ3) is 2.87. The lowest BCUT2D eigenvalue weighted by atomic mass is 10.0. The minimum absolute atomic E-state index is 0.124. The van der Waals surface area contributed by atoms with Crippen LogP contribution >= 0.6 is 0 Å². The highest BCUT2D eigenvalue weighted by Gasteiger charge is 2.29. The fraction of sp³-hybridized carbons (Fsp3) is 0.389. The number of likely N-dealkylation sites (tertiary alicyclic amines) is 1. The Morgan fingerprint density at radius 2 is 2.00 bits per heavy atom. The number of nitrogens with zero attached hydrogens (tertiary/aromatic N) is 1. The number of carbonyl (C=O) groups excluding carboxylic acids is 1. The molecule has 1 unspecified atom stereocenters. The van der Waals surface area contributed by atoms with Crippen molar-refractivity contribution in [2.24, 2.45) is 0 Å². The normalized spacial score (nSPS) is 18.4. The van der Waals surface area contributed by atoms with Crippen molar-refractivity contribution in [1.82, 2.24) is 4.90 Å². The quantitative estimate of drug-likeness (QED) is 0.852. The number of amides is 1. The van der Waals surface area contributed by atoms with Gasteiger partial charge in [0.1, 0.15) is 5.76 Å². The zero-order valence-corrected chi connectivity index (χ0v) is 12.6. The van der Waals surface area contributed by atoms with Gasteiger partial charge in [-0.15, -0.1) is 0 Å². The van der Waals surface area contributed by atoms with E-state index in [1.807, 2.05) is 29.2 Å². The van der Waals surface area contributed by atoms with Gasteiger partial charge in [0.15, 0.2) is 0 Å². The van der Waals surface area contributed by atoms with E-state index in [9.17, 15) is 4.79 Å². The average Bonchev–Trinajstić information content (AvgIpc) is 3.17. The molecule has 1 atom stereocenters. The fourth-order valence-corrected chi connectivity index (χ4v) is 2.89. The number of rotatable bonds is 3. The zero-order chi connectivity index (χ0) is 14.8. The van der Waals surface area contributed by atoms with E-state index in [1.54, 1.807) is 6.26 Å². The molecule has 1 aromatic heterocycles. The highest BCUT2D eigenvalue weighted by atomic mass is 16.3. The van der Waals surface area contributed by atoms with Crippen LogP contribution in [-0.4, -0.2) is 23.9 Å². The number of furan rings is 1. The molecule has 110 valence electrons. The minimum Gasteiger partial charge on any atom is -0.469 e. The first-order valence-corrected chi connectivity index (χ1v) is 7.58. The molecule has 0 bridgehead atoms. The van der Waals surface area contributed by atoms with E-state index >= 15 is 0 Å². The van der Waals surface area contributed by atoms with E-state index in [0.29, 0.717) is 11.8 Å². The highest BCUT2D eigenvalue weighted by molar-refractivity contribution is 5.94. The summed E-state index contributed by atoms with van der Waals surface area (Å²) in [6.45, 7) is 5.87. The summed E-state index contributed by atoms with van der Waals surface area (Å²) < 4.78 is 5.46. The van der Waals surface area contributed by atoms with Crippen LogP contribution in [0.1, 0.15) is 53.8 Å². The highest BCUT2D eigenvalue weighted by Crippen LogP contribution is 2.28. The van der Waals surface area contributed by atoms with Gasteiger partial charge >= 0.3 is 0 Å². The molecule has 3 heteroatoms. The monoisotopic (exact) mass is 283 g/mol. The predicted molar refractivity (Wildman–Crippen MR) is 82.5 cm³/mol. The molecule has 0 N–H and O–H groups in total. The van der Waals surface area contributed by atoms with E-state index in [0.717, 1.165) is 30.8 Å². The van der Waals surface area contributed by atoms with Crippen LogP contribution in [0.2, 0.25) is 0 Å². The largest absolute Gasteiger partial charge is 0.469 e. The summed E-state index contributed by atoms with van der Waals surface area (Å²) in [4.78, 5) is 14.5. The summed E-state index contributed by atoms with van der Waals surface area (Å²) in [5, 5.41) is 0. The minimum atomic E-state index is 0.124. The third-order valence-corrected chi connectivity index (χ3v) is 4.25. The molecule has 1 fully saturated rings. The molecule has 0 spiro atoms. The second kappa shape index (κ2) is 5.76. The molecule has 2 heterocycles. The van der Waals surface area contributed by atoms with Gasteiger partial charge in [-0.3, -0.25) is 4.79 Å². The van der Waals surface area contributed by atoms with Crippen molar-refractivity contribution in [3.05, 3.63) is 59.5 Å². The third-order valence-electron chi connectivity index (χ3n) is 4.25. The van der Waals surface area contributed by atoms with Crippen LogP contribution < -0.4 is 0 Å².